The molecule has 0 radical (unpaired) electrons. The van der Waals surface area contributed by atoms with E-state index in [0.717, 1.165) is 11.7 Å². The third-order valence-electron chi connectivity index (χ3n) is 3.45. The van der Waals surface area contributed by atoms with Crippen molar-refractivity contribution in [3.63, 3.8) is 0 Å². The first kappa shape index (κ1) is 10.2. The van der Waals surface area contributed by atoms with Gasteiger partial charge in [-0.3, -0.25) is 0 Å². The van der Waals surface area contributed by atoms with Crippen molar-refractivity contribution in [3.8, 4) is 5.75 Å². The lowest BCUT2D eigenvalue weighted by atomic mass is 10.0. The SMILES string of the molecule is CNC(c1cccc(OC2CC2)c1)C1CC1. The van der Waals surface area contributed by atoms with Crippen molar-refractivity contribution in [2.75, 3.05) is 7.05 Å². The molecular weight excluding hydrogens is 198 g/mol. The minimum atomic E-state index is 0.490. The molecule has 2 saturated carbocycles. The number of hydrogen-bond acceptors (Lipinski definition) is 2. The summed E-state index contributed by atoms with van der Waals surface area (Å²) in [5.74, 6) is 1.88. The zero-order valence-corrected chi connectivity index (χ0v) is 9.78. The highest BCUT2D eigenvalue weighted by Gasteiger charge is 2.31. The van der Waals surface area contributed by atoms with Gasteiger partial charge in [0.05, 0.1) is 6.10 Å². The predicted molar refractivity (Wildman–Crippen MR) is 64.6 cm³/mol. The Labute approximate surface area is 97.0 Å². The molecule has 86 valence electrons. The van der Waals surface area contributed by atoms with Crippen LogP contribution in [-0.4, -0.2) is 13.2 Å². The maximum Gasteiger partial charge on any atom is 0.120 e. The Morgan fingerprint density at radius 2 is 2.06 bits per heavy atom. The zero-order chi connectivity index (χ0) is 11.0. The normalized spacial score (nSPS) is 21.8. The van der Waals surface area contributed by atoms with E-state index in [0.29, 0.717) is 12.1 Å². The van der Waals surface area contributed by atoms with Crippen LogP contribution in [0, 0.1) is 5.92 Å². The molecule has 1 aromatic carbocycles. The largest absolute Gasteiger partial charge is 0.490 e. The highest BCUT2D eigenvalue weighted by molar-refractivity contribution is 5.32. The third kappa shape index (κ3) is 2.22. The highest BCUT2D eigenvalue weighted by atomic mass is 16.5. The van der Waals surface area contributed by atoms with Crippen LogP contribution in [0.2, 0.25) is 0 Å². The van der Waals surface area contributed by atoms with Crippen LogP contribution in [0.15, 0.2) is 24.3 Å². The lowest BCUT2D eigenvalue weighted by molar-refractivity contribution is 0.302. The third-order valence-corrected chi connectivity index (χ3v) is 3.45. The van der Waals surface area contributed by atoms with Crippen LogP contribution in [0.25, 0.3) is 0 Å². The quantitative estimate of drug-likeness (QED) is 0.818. The summed E-state index contributed by atoms with van der Waals surface area (Å²) in [5.41, 5.74) is 1.38. The van der Waals surface area contributed by atoms with Gasteiger partial charge in [-0.05, 0) is 56.3 Å². The van der Waals surface area contributed by atoms with E-state index in [4.69, 9.17) is 4.74 Å². The van der Waals surface area contributed by atoms with Gasteiger partial charge in [0.15, 0.2) is 0 Å². The molecule has 1 aromatic rings. The molecular formula is C14H19NO. The van der Waals surface area contributed by atoms with Crippen LogP contribution in [0.5, 0.6) is 5.75 Å². The van der Waals surface area contributed by atoms with Crippen molar-refractivity contribution in [2.24, 2.45) is 5.92 Å². The summed E-state index contributed by atoms with van der Waals surface area (Å²) in [6.45, 7) is 0. The van der Waals surface area contributed by atoms with E-state index >= 15 is 0 Å². The van der Waals surface area contributed by atoms with Crippen molar-refractivity contribution < 1.29 is 4.74 Å². The Morgan fingerprint density at radius 1 is 1.25 bits per heavy atom. The van der Waals surface area contributed by atoms with Gasteiger partial charge in [0.25, 0.3) is 0 Å². The fourth-order valence-electron chi connectivity index (χ4n) is 2.26. The van der Waals surface area contributed by atoms with Gasteiger partial charge < -0.3 is 10.1 Å². The average Bonchev–Trinajstić information content (AvgIpc) is 3.12. The molecule has 1 unspecified atom stereocenters. The Hall–Kier alpha value is -1.02. The summed E-state index contributed by atoms with van der Waals surface area (Å²) < 4.78 is 5.83. The molecule has 3 rings (SSSR count). The van der Waals surface area contributed by atoms with Gasteiger partial charge in [0, 0.05) is 6.04 Å². The molecule has 0 aliphatic heterocycles. The van der Waals surface area contributed by atoms with E-state index in [1.807, 2.05) is 0 Å². The average molecular weight is 217 g/mol. The summed E-state index contributed by atoms with van der Waals surface area (Å²) in [5, 5.41) is 3.42. The topological polar surface area (TPSA) is 21.3 Å². The van der Waals surface area contributed by atoms with Crippen LogP contribution in [0.4, 0.5) is 0 Å². The standard InChI is InChI=1S/C14H19NO/c1-15-14(10-5-6-10)11-3-2-4-13(9-11)16-12-7-8-12/h2-4,9-10,12,14-15H,5-8H2,1H3. The van der Waals surface area contributed by atoms with Gasteiger partial charge in [0.1, 0.15) is 5.75 Å². The molecule has 16 heavy (non-hydrogen) atoms. The molecule has 2 fully saturated rings. The Kier molecular flexibility index (Phi) is 2.60. The van der Waals surface area contributed by atoms with Gasteiger partial charge in [-0.1, -0.05) is 12.1 Å². The number of nitrogens with one attached hydrogen (secondary N) is 1. The van der Waals surface area contributed by atoms with Gasteiger partial charge in [0.2, 0.25) is 0 Å². The van der Waals surface area contributed by atoms with E-state index in [-0.39, 0.29) is 0 Å². The van der Waals surface area contributed by atoms with E-state index in [1.165, 1.54) is 31.2 Å². The van der Waals surface area contributed by atoms with Gasteiger partial charge >= 0.3 is 0 Å². The van der Waals surface area contributed by atoms with Crippen LogP contribution < -0.4 is 10.1 Å². The van der Waals surface area contributed by atoms with Gasteiger partial charge in [-0.15, -0.1) is 0 Å². The van der Waals surface area contributed by atoms with Gasteiger partial charge in [-0.25, -0.2) is 0 Å². The smallest absolute Gasteiger partial charge is 0.120 e. The molecule has 0 heterocycles. The summed E-state index contributed by atoms with van der Waals surface area (Å²) in [6, 6.07) is 9.11. The maximum atomic E-state index is 5.83. The number of ether oxygens (including phenoxy) is 1. The van der Waals surface area contributed by atoms with Crippen molar-refractivity contribution in [1.29, 1.82) is 0 Å². The fourth-order valence-corrected chi connectivity index (χ4v) is 2.26. The summed E-state index contributed by atoms with van der Waals surface area (Å²) in [7, 11) is 2.05. The van der Waals surface area contributed by atoms with E-state index < -0.39 is 0 Å². The van der Waals surface area contributed by atoms with Crippen LogP contribution in [0.1, 0.15) is 37.3 Å². The Bertz CT molecular complexity index is 369. The molecule has 2 aliphatic carbocycles. The second-order valence-corrected chi connectivity index (χ2v) is 4.99. The fraction of sp³-hybridized carbons (Fsp3) is 0.571. The minimum Gasteiger partial charge on any atom is -0.490 e. The van der Waals surface area contributed by atoms with E-state index in [2.05, 4.69) is 36.6 Å². The second kappa shape index (κ2) is 4.10. The molecule has 0 saturated heterocycles. The molecule has 0 bridgehead atoms. The lowest BCUT2D eigenvalue weighted by Gasteiger charge is -2.16. The molecule has 2 heteroatoms. The molecule has 0 spiro atoms. The molecule has 1 atom stereocenters. The number of hydrogen-bond donors (Lipinski definition) is 1. The van der Waals surface area contributed by atoms with Crippen LogP contribution in [0.3, 0.4) is 0 Å². The van der Waals surface area contributed by atoms with Crippen LogP contribution in [-0.2, 0) is 0 Å². The minimum absolute atomic E-state index is 0.490. The van der Waals surface area contributed by atoms with E-state index in [9.17, 15) is 0 Å². The summed E-state index contributed by atoms with van der Waals surface area (Å²) >= 11 is 0. The number of benzene rings is 1. The number of rotatable bonds is 5. The predicted octanol–water partition coefficient (Wildman–Crippen LogP) is 2.90. The van der Waals surface area contributed by atoms with Gasteiger partial charge in [-0.2, -0.15) is 0 Å². The maximum absolute atomic E-state index is 5.83. The first-order valence-corrected chi connectivity index (χ1v) is 6.30. The van der Waals surface area contributed by atoms with Crippen molar-refractivity contribution in [2.45, 2.75) is 37.8 Å². The monoisotopic (exact) mass is 217 g/mol. The highest BCUT2D eigenvalue weighted by Crippen LogP contribution is 2.41. The first-order valence-electron chi connectivity index (χ1n) is 6.30. The summed E-state index contributed by atoms with van der Waals surface area (Å²) in [4.78, 5) is 0. The van der Waals surface area contributed by atoms with Crippen molar-refractivity contribution in [3.05, 3.63) is 29.8 Å². The molecule has 0 amide bonds. The molecule has 2 nitrogen and oxygen atoms in total. The van der Waals surface area contributed by atoms with Crippen LogP contribution >= 0.6 is 0 Å². The Balaban J connectivity index is 1.76. The molecule has 2 aliphatic rings. The zero-order valence-electron chi connectivity index (χ0n) is 9.78. The molecule has 0 aromatic heterocycles. The van der Waals surface area contributed by atoms with Crippen molar-refractivity contribution >= 4 is 0 Å². The second-order valence-electron chi connectivity index (χ2n) is 4.99. The summed E-state index contributed by atoms with van der Waals surface area (Å²) in [6.07, 6.45) is 5.66. The van der Waals surface area contributed by atoms with Crippen molar-refractivity contribution in [1.82, 2.24) is 5.32 Å². The first-order chi connectivity index (χ1) is 7.86. The Morgan fingerprint density at radius 3 is 2.69 bits per heavy atom. The van der Waals surface area contributed by atoms with E-state index in [1.54, 1.807) is 0 Å². The lowest BCUT2D eigenvalue weighted by Crippen LogP contribution is -2.18. The molecule has 1 N–H and O–H groups in total.